The van der Waals surface area contributed by atoms with Gasteiger partial charge in [0.15, 0.2) is 5.96 Å². The highest BCUT2D eigenvalue weighted by Gasteiger charge is 2.03. The first kappa shape index (κ1) is 20.8. The molecule has 0 aliphatic rings. The highest BCUT2D eigenvalue weighted by molar-refractivity contribution is 14.0. The lowest BCUT2D eigenvalue weighted by molar-refractivity contribution is 0.685. The zero-order valence-electron chi connectivity index (χ0n) is 13.4. The quantitative estimate of drug-likeness (QED) is 0.254. The molecule has 2 aromatic heterocycles. The molecular weight excluding hydrogens is 464 g/mol. The Morgan fingerprint density at radius 3 is 2.71 bits per heavy atom. The van der Waals surface area contributed by atoms with Crippen LogP contribution in [0.3, 0.4) is 0 Å². The van der Waals surface area contributed by atoms with Crippen LogP contribution in [0.1, 0.15) is 5.69 Å². The van der Waals surface area contributed by atoms with Gasteiger partial charge in [-0.15, -0.1) is 24.0 Å². The largest absolute Gasteiger partial charge is 0.367 e. The second-order valence-electron chi connectivity index (χ2n) is 4.71. The molecule has 3 N–H and O–H groups in total. The van der Waals surface area contributed by atoms with Crippen molar-refractivity contribution in [2.75, 3.05) is 25.5 Å². The molecule has 0 saturated carbocycles. The molecule has 0 bridgehead atoms. The number of anilines is 1. The maximum absolute atomic E-state index is 6.05. The highest BCUT2D eigenvalue weighted by atomic mass is 127. The molecule has 0 unspecified atom stereocenters. The fourth-order valence-corrected chi connectivity index (χ4v) is 2.32. The van der Waals surface area contributed by atoms with Crippen molar-refractivity contribution in [3.05, 3.63) is 40.3 Å². The van der Waals surface area contributed by atoms with Crippen LogP contribution >= 0.6 is 47.2 Å². The Balaban J connectivity index is 0.00000288. The lowest BCUT2D eigenvalue weighted by Crippen LogP contribution is -2.39. The van der Waals surface area contributed by atoms with Crippen LogP contribution in [0.4, 0.5) is 5.82 Å². The maximum Gasteiger partial charge on any atom is 0.191 e. The van der Waals surface area contributed by atoms with E-state index in [0.717, 1.165) is 5.69 Å². The van der Waals surface area contributed by atoms with Gasteiger partial charge in [-0.1, -0.05) is 23.2 Å². The third-order valence-electron chi connectivity index (χ3n) is 3.10. The SMILES string of the molecule is CN=C(NCCNc1ncc(Cl)cc1Cl)NCc1ccnn1C.I. The van der Waals surface area contributed by atoms with Gasteiger partial charge in [-0.2, -0.15) is 5.10 Å². The van der Waals surface area contributed by atoms with E-state index in [-0.39, 0.29) is 24.0 Å². The summed E-state index contributed by atoms with van der Waals surface area (Å²) in [4.78, 5) is 8.30. The molecule has 0 saturated heterocycles. The molecular formula is C14H20Cl2IN7. The minimum Gasteiger partial charge on any atom is -0.367 e. The molecule has 0 amide bonds. The van der Waals surface area contributed by atoms with Gasteiger partial charge in [-0.25, -0.2) is 4.98 Å². The van der Waals surface area contributed by atoms with E-state index in [9.17, 15) is 0 Å². The van der Waals surface area contributed by atoms with Gasteiger partial charge in [-0.3, -0.25) is 9.67 Å². The number of halogens is 3. The number of rotatable bonds is 6. The lowest BCUT2D eigenvalue weighted by Gasteiger charge is -2.13. The standard InChI is InChI=1S/C14H19Cl2N7.HI/c1-17-14(21-9-11-3-4-22-23(11)2)19-6-5-18-13-12(16)7-10(15)8-20-13;/h3-4,7-8H,5-6,9H2,1-2H3,(H,18,20)(H2,17,19,21);1H. The number of pyridine rings is 1. The van der Waals surface area contributed by atoms with Crippen molar-refractivity contribution in [1.82, 2.24) is 25.4 Å². The molecule has 132 valence electrons. The fraction of sp³-hybridized carbons (Fsp3) is 0.357. The Morgan fingerprint density at radius 1 is 1.29 bits per heavy atom. The van der Waals surface area contributed by atoms with Gasteiger partial charge in [0, 0.05) is 39.6 Å². The lowest BCUT2D eigenvalue weighted by atomic mass is 10.4. The van der Waals surface area contributed by atoms with Gasteiger partial charge in [-0.05, 0) is 12.1 Å². The van der Waals surface area contributed by atoms with E-state index < -0.39 is 0 Å². The van der Waals surface area contributed by atoms with Crippen LogP contribution in [0.2, 0.25) is 10.0 Å². The Morgan fingerprint density at radius 2 is 2.08 bits per heavy atom. The van der Waals surface area contributed by atoms with Crippen molar-refractivity contribution in [2.45, 2.75) is 6.54 Å². The summed E-state index contributed by atoms with van der Waals surface area (Å²) in [7, 11) is 3.63. The Labute approximate surface area is 168 Å². The molecule has 0 aliphatic heterocycles. The smallest absolute Gasteiger partial charge is 0.191 e. The average Bonchev–Trinajstić information content (AvgIpc) is 2.93. The van der Waals surface area contributed by atoms with Crippen molar-refractivity contribution >= 4 is 59.0 Å². The zero-order valence-corrected chi connectivity index (χ0v) is 17.2. The summed E-state index contributed by atoms with van der Waals surface area (Å²) in [6, 6.07) is 3.61. The minimum atomic E-state index is 0. The van der Waals surface area contributed by atoms with Gasteiger partial charge in [0.25, 0.3) is 0 Å². The predicted molar refractivity (Wildman–Crippen MR) is 110 cm³/mol. The molecule has 0 radical (unpaired) electrons. The molecule has 2 aromatic rings. The molecule has 0 aromatic carbocycles. The van der Waals surface area contributed by atoms with Gasteiger partial charge in [0.2, 0.25) is 0 Å². The van der Waals surface area contributed by atoms with Crippen LogP contribution < -0.4 is 16.0 Å². The Bertz CT molecular complexity index is 675. The summed E-state index contributed by atoms with van der Waals surface area (Å²) in [6.45, 7) is 1.95. The van der Waals surface area contributed by atoms with Crippen LogP contribution in [0, 0.1) is 0 Å². The van der Waals surface area contributed by atoms with Crippen molar-refractivity contribution in [3.8, 4) is 0 Å². The van der Waals surface area contributed by atoms with Crippen molar-refractivity contribution < 1.29 is 0 Å². The van der Waals surface area contributed by atoms with Crippen LogP contribution in [-0.4, -0.2) is 40.9 Å². The van der Waals surface area contributed by atoms with Crippen LogP contribution in [-0.2, 0) is 13.6 Å². The van der Waals surface area contributed by atoms with Crippen LogP contribution in [0.25, 0.3) is 0 Å². The van der Waals surface area contributed by atoms with E-state index >= 15 is 0 Å². The predicted octanol–water partition coefficient (Wildman–Crippen LogP) is 2.52. The Hall–Kier alpha value is -1.26. The number of aromatic nitrogens is 3. The van der Waals surface area contributed by atoms with Crippen molar-refractivity contribution in [2.24, 2.45) is 12.0 Å². The third-order valence-corrected chi connectivity index (χ3v) is 3.60. The monoisotopic (exact) mass is 483 g/mol. The first-order valence-electron chi connectivity index (χ1n) is 7.06. The summed E-state index contributed by atoms with van der Waals surface area (Å²) >= 11 is 11.9. The first-order valence-corrected chi connectivity index (χ1v) is 7.82. The summed E-state index contributed by atoms with van der Waals surface area (Å²) < 4.78 is 1.82. The molecule has 0 fully saturated rings. The van der Waals surface area contributed by atoms with Gasteiger partial charge >= 0.3 is 0 Å². The molecule has 10 heteroatoms. The summed E-state index contributed by atoms with van der Waals surface area (Å²) in [5.41, 5.74) is 1.07. The topological polar surface area (TPSA) is 79.2 Å². The van der Waals surface area contributed by atoms with Gasteiger partial charge in [0.05, 0.1) is 22.3 Å². The van der Waals surface area contributed by atoms with Crippen molar-refractivity contribution in [1.29, 1.82) is 0 Å². The minimum absolute atomic E-state index is 0. The molecule has 24 heavy (non-hydrogen) atoms. The van der Waals surface area contributed by atoms with E-state index in [2.05, 4.69) is 31.0 Å². The maximum atomic E-state index is 6.05. The second kappa shape index (κ2) is 10.6. The van der Waals surface area contributed by atoms with E-state index in [4.69, 9.17) is 23.2 Å². The molecule has 2 heterocycles. The number of nitrogens with zero attached hydrogens (tertiary/aromatic N) is 4. The number of hydrogen-bond acceptors (Lipinski definition) is 4. The zero-order chi connectivity index (χ0) is 16.7. The normalized spacial score (nSPS) is 10.9. The third kappa shape index (κ3) is 6.33. The summed E-state index contributed by atoms with van der Waals surface area (Å²) in [5.74, 6) is 1.32. The Kier molecular flexibility index (Phi) is 9.16. The van der Waals surface area contributed by atoms with E-state index in [1.54, 1.807) is 25.5 Å². The van der Waals surface area contributed by atoms with Gasteiger partial charge < -0.3 is 16.0 Å². The molecule has 7 nitrogen and oxygen atoms in total. The number of hydrogen-bond donors (Lipinski definition) is 3. The summed E-state index contributed by atoms with van der Waals surface area (Å²) in [6.07, 6.45) is 3.32. The van der Waals surface area contributed by atoms with Crippen LogP contribution in [0.5, 0.6) is 0 Å². The molecule has 0 atom stereocenters. The second-order valence-corrected chi connectivity index (χ2v) is 5.55. The van der Waals surface area contributed by atoms with Crippen LogP contribution in [0.15, 0.2) is 29.5 Å². The van der Waals surface area contributed by atoms with E-state index in [1.807, 2.05) is 17.8 Å². The number of aliphatic imine (C=N–C) groups is 1. The molecule has 0 spiro atoms. The molecule has 0 aliphatic carbocycles. The van der Waals surface area contributed by atoms with E-state index in [0.29, 0.717) is 41.5 Å². The molecule has 2 rings (SSSR count). The number of guanidine groups is 1. The highest BCUT2D eigenvalue weighted by Crippen LogP contribution is 2.21. The number of aryl methyl sites for hydroxylation is 1. The van der Waals surface area contributed by atoms with Gasteiger partial charge in [0.1, 0.15) is 5.82 Å². The van der Waals surface area contributed by atoms with E-state index in [1.165, 1.54) is 0 Å². The van der Waals surface area contributed by atoms with Crippen molar-refractivity contribution in [3.63, 3.8) is 0 Å². The average molecular weight is 484 g/mol. The first-order chi connectivity index (χ1) is 11.1. The fourth-order valence-electron chi connectivity index (χ4n) is 1.88. The number of nitrogens with one attached hydrogen (secondary N) is 3. The summed E-state index contributed by atoms with van der Waals surface area (Å²) in [5, 5.41) is 14.7.